The maximum absolute atomic E-state index is 9.44. The van der Waals surface area contributed by atoms with E-state index in [1.54, 1.807) is 0 Å². The molecule has 10 aromatic rings. The average molecular weight is 634 g/mol. The predicted octanol–water partition coefficient (Wildman–Crippen LogP) is 13.7. The standard InChI is InChI=1S/C48H30O/c1-2-13-33(14-3-1)37-20-10-21-42-43-22-11-23-44(48(43)49-47(37)42)46-40-18-8-6-16-38(40)45(39-17-7-9-19-41(39)46)34-27-24-32(25-28-34)36-29-26-31-12-4-5-15-35(31)30-36/h1-30H/i1D,2D,3D,10D,11D,13D,14D,20D,21D,22D,23D. The molecular weight excluding hydrogens is 593 g/mol. The summed E-state index contributed by atoms with van der Waals surface area (Å²) in [5.41, 5.74) is 3.74. The van der Waals surface area contributed by atoms with E-state index in [9.17, 15) is 1.37 Å². The van der Waals surface area contributed by atoms with Crippen LogP contribution in [0.4, 0.5) is 0 Å². The van der Waals surface area contributed by atoms with Gasteiger partial charge in [-0.3, -0.25) is 0 Å². The molecule has 0 atom stereocenters. The molecule has 0 amide bonds. The Kier molecular flexibility index (Phi) is 4.25. The van der Waals surface area contributed by atoms with E-state index in [1.807, 2.05) is 60.7 Å². The zero-order valence-electron chi connectivity index (χ0n) is 36.9. The van der Waals surface area contributed by atoms with Crippen LogP contribution in [0.2, 0.25) is 0 Å². The van der Waals surface area contributed by atoms with Gasteiger partial charge in [0.05, 0.1) is 15.1 Å². The van der Waals surface area contributed by atoms with Gasteiger partial charge in [0.2, 0.25) is 0 Å². The van der Waals surface area contributed by atoms with Gasteiger partial charge in [0.15, 0.2) is 0 Å². The molecule has 0 bridgehead atoms. The maximum Gasteiger partial charge on any atom is 0.143 e. The zero-order chi connectivity index (χ0) is 41.9. The Balaban J connectivity index is 1.28. The fourth-order valence-electron chi connectivity index (χ4n) is 7.08. The minimum atomic E-state index is -0.652. The van der Waals surface area contributed by atoms with Crippen LogP contribution >= 0.6 is 0 Å². The van der Waals surface area contributed by atoms with Gasteiger partial charge in [0.1, 0.15) is 11.2 Å². The number of hydrogen-bond acceptors (Lipinski definition) is 1. The minimum Gasteiger partial charge on any atom is -0.455 e. The summed E-state index contributed by atoms with van der Waals surface area (Å²) in [7, 11) is 0. The summed E-state index contributed by atoms with van der Waals surface area (Å²) >= 11 is 0. The first-order valence-corrected chi connectivity index (χ1v) is 15.9. The molecule has 0 N–H and O–H groups in total. The van der Waals surface area contributed by atoms with Crippen LogP contribution in [0.15, 0.2) is 186 Å². The van der Waals surface area contributed by atoms with Gasteiger partial charge < -0.3 is 4.42 Å². The molecule has 0 spiro atoms. The topological polar surface area (TPSA) is 13.1 Å². The number of fused-ring (bicyclic) bond motifs is 6. The van der Waals surface area contributed by atoms with Gasteiger partial charge in [-0.15, -0.1) is 0 Å². The van der Waals surface area contributed by atoms with Crippen LogP contribution < -0.4 is 0 Å². The SMILES string of the molecule is [2H]c1c([2H])c([2H])c(-c2c([2H])c([2H])c([2H])c3c2oc2c(-c4c5ccccc5c(-c5ccc(-c6ccc7ccccc7c6)cc5)c5ccccc45)c([2H])c([2H])c([2H])c23)c([2H])c1[2H]. The van der Waals surface area contributed by atoms with Crippen LogP contribution in [0.1, 0.15) is 15.1 Å². The summed E-state index contributed by atoms with van der Waals surface area (Å²) in [5.74, 6) is 0. The highest BCUT2D eigenvalue weighted by atomic mass is 16.3. The molecule has 1 heteroatoms. The monoisotopic (exact) mass is 633 g/mol. The number of rotatable bonds is 4. The molecule has 1 nitrogen and oxygen atoms in total. The Morgan fingerprint density at radius 3 is 1.55 bits per heavy atom. The van der Waals surface area contributed by atoms with E-state index in [0.29, 0.717) is 5.56 Å². The Labute approximate surface area is 299 Å². The molecule has 0 aliphatic heterocycles. The molecule has 9 aromatic carbocycles. The second kappa shape index (κ2) is 11.1. The molecule has 0 fully saturated rings. The molecular formula is C48H30O. The van der Waals surface area contributed by atoms with Gasteiger partial charge in [0.25, 0.3) is 0 Å². The van der Waals surface area contributed by atoms with E-state index in [4.69, 9.17) is 18.1 Å². The molecule has 0 aliphatic carbocycles. The molecule has 10 rings (SSSR count). The Morgan fingerprint density at radius 1 is 0.347 bits per heavy atom. The fourth-order valence-corrected chi connectivity index (χ4v) is 7.08. The van der Waals surface area contributed by atoms with E-state index in [0.717, 1.165) is 49.2 Å². The summed E-state index contributed by atoms with van der Waals surface area (Å²) in [4.78, 5) is 0. The lowest BCUT2D eigenvalue weighted by Crippen LogP contribution is -1.91. The Bertz CT molecular complexity index is 3410. The summed E-state index contributed by atoms with van der Waals surface area (Å²) in [6.07, 6.45) is 0. The molecule has 49 heavy (non-hydrogen) atoms. The molecule has 0 unspecified atom stereocenters. The second-order valence-corrected chi connectivity index (χ2v) is 12.0. The van der Waals surface area contributed by atoms with Crippen LogP contribution in [-0.2, 0) is 0 Å². The van der Waals surface area contributed by atoms with Crippen molar-refractivity contribution in [1.29, 1.82) is 0 Å². The Morgan fingerprint density at radius 2 is 0.878 bits per heavy atom. The van der Waals surface area contributed by atoms with E-state index < -0.39 is 60.4 Å². The minimum absolute atomic E-state index is 0.0466. The largest absolute Gasteiger partial charge is 0.455 e. The van der Waals surface area contributed by atoms with Gasteiger partial charge in [-0.05, 0) is 66.2 Å². The number of hydrogen-bond donors (Lipinski definition) is 0. The van der Waals surface area contributed by atoms with Gasteiger partial charge >= 0.3 is 0 Å². The highest BCUT2D eigenvalue weighted by Crippen LogP contribution is 2.47. The molecule has 0 saturated carbocycles. The third-order valence-electron chi connectivity index (χ3n) is 9.30. The van der Waals surface area contributed by atoms with Crippen molar-refractivity contribution in [2.24, 2.45) is 0 Å². The van der Waals surface area contributed by atoms with Crippen LogP contribution in [0, 0.1) is 0 Å². The summed E-state index contributed by atoms with van der Waals surface area (Å²) < 4.78 is 103. The first-order chi connectivity index (χ1) is 28.9. The lowest BCUT2D eigenvalue weighted by Gasteiger charge is -2.18. The van der Waals surface area contributed by atoms with Crippen LogP contribution in [0.25, 0.3) is 98.8 Å². The quantitative estimate of drug-likeness (QED) is 0.176. The average Bonchev–Trinajstić information content (AvgIpc) is 3.67. The fraction of sp³-hybridized carbons (Fsp3) is 0. The zero-order valence-corrected chi connectivity index (χ0v) is 25.9. The summed E-state index contributed by atoms with van der Waals surface area (Å²) in [6, 6.07) is 32.4. The maximum atomic E-state index is 9.44. The molecule has 1 heterocycles. The van der Waals surface area contributed by atoms with Crippen LogP contribution in [0.3, 0.4) is 0 Å². The molecule has 1 aromatic heterocycles. The predicted molar refractivity (Wildman–Crippen MR) is 208 cm³/mol. The molecule has 0 saturated heterocycles. The third kappa shape index (κ3) is 4.40. The Hall–Kier alpha value is -6.44. The highest BCUT2D eigenvalue weighted by molar-refractivity contribution is 6.24. The smallest absolute Gasteiger partial charge is 0.143 e. The first-order valence-electron chi connectivity index (χ1n) is 21.4. The van der Waals surface area contributed by atoms with Crippen molar-refractivity contribution in [3.05, 3.63) is 182 Å². The third-order valence-corrected chi connectivity index (χ3v) is 9.30. The number of furan rings is 1. The van der Waals surface area contributed by atoms with Gasteiger partial charge in [-0.2, -0.15) is 0 Å². The van der Waals surface area contributed by atoms with Gasteiger partial charge in [-0.25, -0.2) is 0 Å². The molecule has 0 aliphatic rings. The summed E-state index contributed by atoms with van der Waals surface area (Å²) in [6.45, 7) is 0. The van der Waals surface area contributed by atoms with E-state index in [2.05, 4.69) is 54.6 Å². The lowest BCUT2D eigenvalue weighted by atomic mass is 9.85. The van der Waals surface area contributed by atoms with Gasteiger partial charge in [-0.1, -0.05) is 176 Å². The molecule has 0 radical (unpaired) electrons. The number of para-hydroxylation sites is 2. The van der Waals surface area contributed by atoms with Crippen molar-refractivity contribution in [2.45, 2.75) is 0 Å². The molecule has 228 valence electrons. The number of benzene rings is 9. The van der Waals surface area contributed by atoms with Crippen molar-refractivity contribution >= 4 is 54.3 Å². The van der Waals surface area contributed by atoms with E-state index in [-0.39, 0.29) is 44.7 Å². The highest BCUT2D eigenvalue weighted by Gasteiger charge is 2.21. The first kappa shape index (κ1) is 18.8. The second-order valence-electron chi connectivity index (χ2n) is 12.0. The van der Waals surface area contributed by atoms with Crippen molar-refractivity contribution in [2.75, 3.05) is 0 Å². The van der Waals surface area contributed by atoms with Crippen molar-refractivity contribution in [3.63, 3.8) is 0 Å². The van der Waals surface area contributed by atoms with Crippen molar-refractivity contribution in [1.82, 2.24) is 0 Å². The van der Waals surface area contributed by atoms with E-state index in [1.165, 1.54) is 5.39 Å². The van der Waals surface area contributed by atoms with Crippen molar-refractivity contribution in [3.8, 4) is 44.5 Å². The normalized spacial score (nSPS) is 14.8. The van der Waals surface area contributed by atoms with Crippen molar-refractivity contribution < 1.29 is 19.5 Å². The lowest BCUT2D eigenvalue weighted by molar-refractivity contribution is 0.671. The van der Waals surface area contributed by atoms with E-state index >= 15 is 0 Å². The van der Waals surface area contributed by atoms with Crippen LogP contribution in [0.5, 0.6) is 0 Å². The van der Waals surface area contributed by atoms with Crippen LogP contribution in [-0.4, -0.2) is 0 Å². The summed E-state index contributed by atoms with van der Waals surface area (Å²) in [5, 5.41) is 5.28. The van der Waals surface area contributed by atoms with Gasteiger partial charge in [0, 0.05) is 27.5 Å².